The van der Waals surface area contributed by atoms with Gasteiger partial charge in [-0.25, -0.2) is 0 Å². The molecule has 1 aliphatic rings. The molecule has 0 saturated heterocycles. The van der Waals surface area contributed by atoms with Gasteiger partial charge in [-0.05, 0) is 87.2 Å². The van der Waals surface area contributed by atoms with Gasteiger partial charge in [0.05, 0.1) is 11.2 Å². The highest BCUT2D eigenvalue weighted by molar-refractivity contribution is 6.30. The predicted molar refractivity (Wildman–Crippen MR) is 115 cm³/mol. The first-order valence-electron chi connectivity index (χ1n) is 9.23. The number of aryl methyl sites for hydroxylation is 1. The van der Waals surface area contributed by atoms with E-state index in [4.69, 9.17) is 11.6 Å². The summed E-state index contributed by atoms with van der Waals surface area (Å²) in [5.41, 5.74) is 7.32. The Hall–Kier alpha value is -2.06. The number of hydrogen-bond donors (Lipinski definition) is 0. The fourth-order valence-corrected chi connectivity index (χ4v) is 3.81. The topological polar surface area (TPSA) is 15.6 Å². The maximum absolute atomic E-state index is 5.95. The zero-order chi connectivity index (χ0) is 18.9. The summed E-state index contributed by atoms with van der Waals surface area (Å²) >= 11 is 5.95. The van der Waals surface area contributed by atoms with Crippen LogP contribution in [0.15, 0.2) is 47.5 Å². The smallest absolute Gasteiger partial charge is 0.0630 e. The van der Waals surface area contributed by atoms with Crippen molar-refractivity contribution in [3.8, 4) is 0 Å². The molecular formula is C23H27ClN2. The van der Waals surface area contributed by atoms with E-state index in [9.17, 15) is 0 Å². The van der Waals surface area contributed by atoms with Crippen molar-refractivity contribution < 1.29 is 0 Å². The van der Waals surface area contributed by atoms with Crippen molar-refractivity contribution in [1.29, 1.82) is 0 Å². The highest BCUT2D eigenvalue weighted by Crippen LogP contribution is 2.40. The van der Waals surface area contributed by atoms with Crippen LogP contribution in [-0.4, -0.2) is 18.3 Å². The first-order valence-corrected chi connectivity index (χ1v) is 9.61. The lowest BCUT2D eigenvalue weighted by molar-refractivity contribution is 0.550. The second kappa shape index (κ2) is 7.28. The van der Waals surface area contributed by atoms with Gasteiger partial charge in [-0.3, -0.25) is 4.99 Å². The minimum atomic E-state index is 0.0401. The van der Waals surface area contributed by atoms with E-state index >= 15 is 0 Å². The maximum Gasteiger partial charge on any atom is 0.0630 e. The molecule has 0 atom stereocenters. The normalized spacial score (nSPS) is 15.9. The van der Waals surface area contributed by atoms with Gasteiger partial charge >= 0.3 is 0 Å². The molecule has 0 spiro atoms. The van der Waals surface area contributed by atoms with Crippen LogP contribution in [0.2, 0.25) is 5.02 Å². The van der Waals surface area contributed by atoms with Crippen molar-refractivity contribution in [3.63, 3.8) is 0 Å². The highest BCUT2D eigenvalue weighted by Gasteiger charge is 2.30. The van der Waals surface area contributed by atoms with Crippen LogP contribution in [-0.2, 0) is 0 Å². The van der Waals surface area contributed by atoms with Gasteiger partial charge < -0.3 is 4.90 Å². The van der Waals surface area contributed by atoms with Crippen LogP contribution in [0, 0.1) is 6.92 Å². The van der Waals surface area contributed by atoms with Gasteiger partial charge in [-0.15, -0.1) is 0 Å². The van der Waals surface area contributed by atoms with Gasteiger partial charge in [0.25, 0.3) is 0 Å². The maximum atomic E-state index is 5.95. The van der Waals surface area contributed by atoms with Gasteiger partial charge in [0.15, 0.2) is 0 Å². The number of nitrogens with zero attached hydrogens (tertiary/aromatic N) is 2. The number of rotatable bonds is 4. The molecule has 0 N–H and O–H groups in total. The van der Waals surface area contributed by atoms with E-state index in [1.165, 1.54) is 22.4 Å². The molecule has 26 heavy (non-hydrogen) atoms. The molecule has 2 aromatic rings. The molecule has 0 aliphatic carbocycles. The lowest BCUT2D eigenvalue weighted by Gasteiger charge is -2.43. The Kier molecular flexibility index (Phi) is 5.24. The number of anilines is 1. The van der Waals surface area contributed by atoms with E-state index in [1.807, 2.05) is 30.5 Å². The number of halogens is 1. The summed E-state index contributed by atoms with van der Waals surface area (Å²) in [5.74, 6) is 0. The summed E-state index contributed by atoms with van der Waals surface area (Å²) in [6.07, 6.45) is 5.46. The van der Waals surface area contributed by atoms with Crippen molar-refractivity contribution in [2.75, 3.05) is 11.4 Å². The van der Waals surface area contributed by atoms with Crippen molar-refractivity contribution in [2.45, 2.75) is 46.6 Å². The number of hydrogen-bond acceptors (Lipinski definition) is 2. The minimum Gasteiger partial charge on any atom is -0.362 e. The highest BCUT2D eigenvalue weighted by atomic mass is 35.5. The minimum absolute atomic E-state index is 0.0401. The lowest BCUT2D eigenvalue weighted by Crippen LogP contribution is -2.45. The molecular weight excluding hydrogens is 340 g/mol. The summed E-state index contributed by atoms with van der Waals surface area (Å²) in [6.45, 7) is 12.2. The zero-order valence-electron chi connectivity index (χ0n) is 16.3. The molecule has 3 rings (SSSR count). The summed E-state index contributed by atoms with van der Waals surface area (Å²) in [4.78, 5) is 7.14. The average Bonchev–Trinajstić information content (AvgIpc) is 2.58. The molecule has 0 fully saturated rings. The van der Waals surface area contributed by atoms with Crippen LogP contribution in [0.1, 0.15) is 50.8 Å². The SMILES string of the molecule is CCCN1c2cc(C)c(C=Nc3ccc(Cl)cc3)cc2C(C)=CC1(C)C. The second-order valence-corrected chi connectivity index (χ2v) is 8.03. The molecule has 0 unspecified atom stereocenters. The first-order chi connectivity index (χ1) is 12.3. The standard InChI is InChI=1S/C23H27ClN2/c1-6-11-26-22-12-16(2)18(13-21(22)17(3)14-23(26,4)5)15-25-20-9-7-19(24)8-10-20/h7-10,12-15H,6,11H2,1-5H3. The third-order valence-electron chi connectivity index (χ3n) is 4.99. The van der Waals surface area contributed by atoms with Gasteiger partial charge in [0.2, 0.25) is 0 Å². The zero-order valence-corrected chi connectivity index (χ0v) is 17.1. The molecule has 1 aliphatic heterocycles. The number of aliphatic imine (C=N–C) groups is 1. The van der Waals surface area contributed by atoms with Crippen molar-refractivity contribution in [3.05, 3.63) is 64.2 Å². The number of benzene rings is 2. The molecule has 0 amide bonds. The molecule has 0 radical (unpaired) electrons. The number of fused-ring (bicyclic) bond motifs is 1. The predicted octanol–water partition coefficient (Wildman–Crippen LogP) is 6.81. The Morgan fingerprint density at radius 2 is 1.81 bits per heavy atom. The Balaban J connectivity index is 2.01. The molecule has 3 heteroatoms. The van der Waals surface area contributed by atoms with Gasteiger partial charge in [-0.1, -0.05) is 24.6 Å². The summed E-state index contributed by atoms with van der Waals surface area (Å²) < 4.78 is 0. The van der Waals surface area contributed by atoms with E-state index in [1.54, 1.807) is 0 Å². The third-order valence-corrected chi connectivity index (χ3v) is 5.24. The lowest BCUT2D eigenvalue weighted by atomic mass is 9.87. The van der Waals surface area contributed by atoms with E-state index in [2.05, 4.69) is 62.7 Å². The van der Waals surface area contributed by atoms with Crippen LogP contribution in [0.4, 0.5) is 11.4 Å². The molecule has 0 aromatic heterocycles. The molecule has 0 bridgehead atoms. The van der Waals surface area contributed by atoms with Crippen LogP contribution in [0.3, 0.4) is 0 Å². The van der Waals surface area contributed by atoms with E-state index in [-0.39, 0.29) is 5.54 Å². The van der Waals surface area contributed by atoms with Gasteiger partial charge in [0, 0.05) is 29.0 Å². The van der Waals surface area contributed by atoms with Gasteiger partial charge in [-0.2, -0.15) is 0 Å². The second-order valence-electron chi connectivity index (χ2n) is 7.59. The third kappa shape index (κ3) is 3.71. The Bertz CT molecular complexity index is 861. The van der Waals surface area contributed by atoms with E-state index < -0.39 is 0 Å². The molecule has 2 aromatic carbocycles. The summed E-state index contributed by atoms with van der Waals surface area (Å²) in [6, 6.07) is 12.2. The quantitative estimate of drug-likeness (QED) is 0.542. The molecule has 1 heterocycles. The average molecular weight is 367 g/mol. The van der Waals surface area contributed by atoms with E-state index in [0.717, 1.165) is 29.2 Å². The van der Waals surface area contributed by atoms with Crippen LogP contribution in [0.5, 0.6) is 0 Å². The van der Waals surface area contributed by atoms with Crippen LogP contribution in [0.25, 0.3) is 5.57 Å². The Morgan fingerprint density at radius 3 is 2.46 bits per heavy atom. The monoisotopic (exact) mass is 366 g/mol. The fourth-order valence-electron chi connectivity index (χ4n) is 3.69. The fraction of sp³-hybridized carbons (Fsp3) is 0.348. The first kappa shape index (κ1) is 18.7. The Labute approximate surface area is 162 Å². The van der Waals surface area contributed by atoms with Crippen molar-refractivity contribution in [2.24, 2.45) is 4.99 Å². The summed E-state index contributed by atoms with van der Waals surface area (Å²) in [7, 11) is 0. The largest absolute Gasteiger partial charge is 0.362 e. The van der Waals surface area contributed by atoms with E-state index in [0.29, 0.717) is 0 Å². The van der Waals surface area contributed by atoms with Crippen LogP contribution >= 0.6 is 11.6 Å². The number of allylic oxidation sites excluding steroid dienone is 1. The van der Waals surface area contributed by atoms with Crippen molar-refractivity contribution in [1.82, 2.24) is 0 Å². The Morgan fingerprint density at radius 1 is 1.12 bits per heavy atom. The van der Waals surface area contributed by atoms with Crippen molar-refractivity contribution >= 4 is 34.8 Å². The van der Waals surface area contributed by atoms with Crippen LogP contribution < -0.4 is 4.90 Å². The van der Waals surface area contributed by atoms with Gasteiger partial charge in [0.1, 0.15) is 0 Å². The summed E-state index contributed by atoms with van der Waals surface area (Å²) in [5, 5.41) is 0.730. The molecule has 136 valence electrons. The molecule has 0 saturated carbocycles. The molecule has 2 nitrogen and oxygen atoms in total.